The van der Waals surface area contributed by atoms with Gasteiger partial charge in [0, 0.05) is 0 Å². The van der Waals surface area contributed by atoms with E-state index < -0.39 is 0 Å². The molecular formula is C7H16IP. The predicted octanol–water partition coefficient (Wildman–Crippen LogP) is 4.03. The summed E-state index contributed by atoms with van der Waals surface area (Å²) in [5.41, 5.74) is 2.11. The van der Waals surface area contributed by atoms with Crippen LogP contribution in [0.25, 0.3) is 0 Å². The van der Waals surface area contributed by atoms with Crippen LogP contribution in [0.4, 0.5) is 0 Å². The summed E-state index contributed by atoms with van der Waals surface area (Å²) in [5.74, 6) is 0. The third kappa shape index (κ3) is 3.77. The minimum Gasteiger partial charge on any atom is -0.0648 e. The maximum absolute atomic E-state index is 2.62. The summed E-state index contributed by atoms with van der Waals surface area (Å²) in [6.45, 7) is 9.29. The Hall–Kier alpha value is 1.16. The van der Waals surface area contributed by atoms with Crippen LogP contribution in [0.15, 0.2) is 0 Å². The molecule has 0 saturated carbocycles. The second-order valence-corrected chi connectivity index (χ2v) is 8.64. The van der Waals surface area contributed by atoms with Gasteiger partial charge in [-0.25, -0.2) is 0 Å². The van der Waals surface area contributed by atoms with Crippen LogP contribution in [0.3, 0.4) is 0 Å². The fourth-order valence-corrected chi connectivity index (χ4v) is 3.23. The summed E-state index contributed by atoms with van der Waals surface area (Å²) < 4.78 is 0. The number of halogens is 1. The summed E-state index contributed by atoms with van der Waals surface area (Å²) in [7, 11) is 0. The molecule has 9 heavy (non-hydrogen) atoms. The van der Waals surface area contributed by atoms with Crippen LogP contribution in [0, 0.1) is 0 Å². The van der Waals surface area contributed by atoms with Gasteiger partial charge < -0.3 is 0 Å². The van der Waals surface area contributed by atoms with Gasteiger partial charge in [0.25, 0.3) is 0 Å². The van der Waals surface area contributed by atoms with Crippen LogP contribution in [0.1, 0.15) is 34.1 Å². The SMILES string of the molecule is CCC(C)P(I)C(C)C. The van der Waals surface area contributed by atoms with Gasteiger partial charge in [-0.1, -0.05) is 49.7 Å². The van der Waals surface area contributed by atoms with Gasteiger partial charge in [0.05, 0.1) is 0 Å². The molecule has 0 aliphatic carbocycles. The molecule has 0 aromatic heterocycles. The Kier molecular flexibility index (Phi) is 5.53. The highest BCUT2D eigenvalue weighted by Gasteiger charge is 2.14. The quantitative estimate of drug-likeness (QED) is 0.529. The van der Waals surface area contributed by atoms with Crippen molar-refractivity contribution in [2.45, 2.75) is 45.4 Å². The van der Waals surface area contributed by atoms with Crippen molar-refractivity contribution in [1.29, 1.82) is 0 Å². The van der Waals surface area contributed by atoms with E-state index in [4.69, 9.17) is 0 Å². The van der Waals surface area contributed by atoms with Crippen molar-refractivity contribution in [1.82, 2.24) is 0 Å². The van der Waals surface area contributed by atoms with Crippen molar-refractivity contribution in [3.05, 3.63) is 0 Å². The third-order valence-corrected chi connectivity index (χ3v) is 9.89. The first-order valence-electron chi connectivity index (χ1n) is 3.53. The van der Waals surface area contributed by atoms with Gasteiger partial charge in [-0.2, -0.15) is 0 Å². The van der Waals surface area contributed by atoms with Crippen molar-refractivity contribution in [3.8, 4) is 0 Å². The molecule has 0 radical (unpaired) electrons. The van der Waals surface area contributed by atoms with Gasteiger partial charge >= 0.3 is 0 Å². The molecule has 0 heterocycles. The van der Waals surface area contributed by atoms with Crippen molar-refractivity contribution in [3.63, 3.8) is 0 Å². The molecule has 0 amide bonds. The molecule has 0 spiro atoms. The molecule has 0 fully saturated rings. The largest absolute Gasteiger partial charge is 0.0648 e. The molecule has 0 aromatic rings. The summed E-state index contributed by atoms with van der Waals surface area (Å²) in [5, 5.41) is 0. The molecule has 0 saturated heterocycles. The fraction of sp³-hybridized carbons (Fsp3) is 1.00. The average Bonchev–Trinajstić information content (AvgIpc) is 1.84. The highest BCUT2D eigenvalue weighted by atomic mass is 127. The molecule has 0 aliphatic rings. The highest BCUT2D eigenvalue weighted by molar-refractivity contribution is 14.2. The van der Waals surface area contributed by atoms with E-state index in [-0.39, 0.29) is 5.56 Å². The van der Waals surface area contributed by atoms with E-state index in [1.165, 1.54) is 6.42 Å². The Morgan fingerprint density at radius 3 is 1.89 bits per heavy atom. The van der Waals surface area contributed by atoms with Gasteiger partial charge in [-0.05, 0) is 23.3 Å². The molecule has 0 aliphatic heterocycles. The van der Waals surface area contributed by atoms with Crippen molar-refractivity contribution < 1.29 is 0 Å². The molecule has 0 aromatic carbocycles. The first-order valence-corrected chi connectivity index (χ1v) is 7.80. The normalized spacial score (nSPS) is 18.0. The maximum atomic E-state index is 2.62. The van der Waals surface area contributed by atoms with Crippen molar-refractivity contribution >= 4 is 27.6 Å². The van der Waals surface area contributed by atoms with Crippen LogP contribution < -0.4 is 0 Å². The standard InChI is InChI=1S/C7H16IP/c1-5-7(4)9(8)6(2)3/h6-7H,5H2,1-4H3. The van der Waals surface area contributed by atoms with E-state index in [0.717, 1.165) is 11.3 Å². The molecular weight excluding hydrogens is 242 g/mol. The second kappa shape index (κ2) is 4.90. The summed E-state index contributed by atoms with van der Waals surface area (Å²) in [6.07, 6.45) is 1.34. The highest BCUT2D eigenvalue weighted by Crippen LogP contribution is 2.54. The van der Waals surface area contributed by atoms with Gasteiger partial charge in [-0.15, -0.1) is 0 Å². The molecule has 2 unspecified atom stereocenters. The molecule has 2 atom stereocenters. The molecule has 0 rings (SSSR count). The maximum Gasteiger partial charge on any atom is -0.0147 e. The van der Waals surface area contributed by atoms with Gasteiger partial charge in [0.2, 0.25) is 0 Å². The molecule has 0 N–H and O–H groups in total. The monoisotopic (exact) mass is 258 g/mol. The Morgan fingerprint density at radius 1 is 1.33 bits per heavy atom. The minimum absolute atomic E-state index is 0.269. The number of hydrogen-bond acceptors (Lipinski definition) is 0. The lowest BCUT2D eigenvalue weighted by molar-refractivity contribution is 0.885. The fourth-order valence-electron chi connectivity index (χ4n) is 0.683. The van der Waals surface area contributed by atoms with Crippen LogP contribution in [0.5, 0.6) is 0 Å². The topological polar surface area (TPSA) is 0 Å². The molecule has 2 heteroatoms. The van der Waals surface area contributed by atoms with E-state index in [0.29, 0.717) is 0 Å². The summed E-state index contributed by atoms with van der Waals surface area (Å²) in [4.78, 5) is 0. The Labute approximate surface area is 73.0 Å². The van der Waals surface area contributed by atoms with E-state index >= 15 is 0 Å². The van der Waals surface area contributed by atoms with Crippen molar-refractivity contribution in [2.24, 2.45) is 0 Å². The lowest BCUT2D eigenvalue weighted by atomic mass is 10.4. The lowest BCUT2D eigenvalue weighted by Gasteiger charge is -2.20. The average molecular weight is 258 g/mol. The van der Waals surface area contributed by atoms with E-state index in [1.807, 2.05) is 0 Å². The summed E-state index contributed by atoms with van der Waals surface area (Å²) in [6, 6.07) is 0. The van der Waals surface area contributed by atoms with Gasteiger partial charge in [0.15, 0.2) is 0 Å². The lowest BCUT2D eigenvalue weighted by Crippen LogP contribution is -2.00. The number of rotatable bonds is 3. The zero-order valence-electron chi connectivity index (χ0n) is 6.69. The third-order valence-electron chi connectivity index (χ3n) is 1.51. The van der Waals surface area contributed by atoms with Crippen LogP contribution >= 0.6 is 27.6 Å². The first-order chi connectivity index (χ1) is 4.09. The summed E-state index contributed by atoms with van der Waals surface area (Å²) >= 11 is 2.62. The Morgan fingerprint density at radius 2 is 1.78 bits per heavy atom. The second-order valence-electron chi connectivity index (χ2n) is 2.70. The smallest absolute Gasteiger partial charge is 0.0147 e. The van der Waals surface area contributed by atoms with Crippen LogP contribution in [-0.2, 0) is 0 Å². The molecule has 0 nitrogen and oxygen atoms in total. The van der Waals surface area contributed by atoms with E-state index in [9.17, 15) is 0 Å². The van der Waals surface area contributed by atoms with E-state index in [1.54, 1.807) is 0 Å². The zero-order chi connectivity index (χ0) is 7.44. The minimum atomic E-state index is 0.269. The molecule has 0 bridgehead atoms. The van der Waals surface area contributed by atoms with Crippen molar-refractivity contribution in [2.75, 3.05) is 0 Å². The van der Waals surface area contributed by atoms with E-state index in [2.05, 4.69) is 49.7 Å². The van der Waals surface area contributed by atoms with Gasteiger partial charge in [0.1, 0.15) is 0 Å². The number of hydrogen-bond donors (Lipinski definition) is 0. The first kappa shape index (κ1) is 10.2. The van der Waals surface area contributed by atoms with Gasteiger partial charge in [-0.3, -0.25) is 0 Å². The predicted molar refractivity (Wildman–Crippen MR) is 55.8 cm³/mol. The Bertz CT molecular complexity index is 73.3. The zero-order valence-corrected chi connectivity index (χ0v) is 9.74. The van der Waals surface area contributed by atoms with Crippen LogP contribution in [0.2, 0.25) is 0 Å². The molecule has 56 valence electrons. The Balaban J connectivity index is 3.58. The van der Waals surface area contributed by atoms with Crippen LogP contribution in [-0.4, -0.2) is 11.3 Å².